The number of anilines is 3. The van der Waals surface area contributed by atoms with Gasteiger partial charge in [-0.1, -0.05) is 91.6 Å². The molecule has 0 atom stereocenters. The van der Waals surface area contributed by atoms with Gasteiger partial charge in [0.25, 0.3) is 0 Å². The molecule has 3 aromatic rings. The lowest BCUT2D eigenvalue weighted by Crippen LogP contribution is -2.09. The molecule has 0 aromatic heterocycles. The Morgan fingerprint density at radius 3 is 1.56 bits per heavy atom. The Morgan fingerprint density at radius 2 is 1.09 bits per heavy atom. The smallest absolute Gasteiger partial charge is 0.0462 e. The molecule has 32 heavy (non-hydrogen) atoms. The zero-order valence-electron chi connectivity index (χ0n) is 19.2. The van der Waals surface area contributed by atoms with Crippen molar-refractivity contribution >= 4 is 28.2 Å². The first kappa shape index (κ1) is 22.8. The minimum Gasteiger partial charge on any atom is -0.311 e. The molecule has 0 heterocycles. The summed E-state index contributed by atoms with van der Waals surface area (Å²) in [7, 11) is 0. The predicted molar refractivity (Wildman–Crippen MR) is 143 cm³/mol. The van der Waals surface area contributed by atoms with Crippen molar-refractivity contribution in [2.45, 2.75) is 20.8 Å². The summed E-state index contributed by atoms with van der Waals surface area (Å²) in [5, 5.41) is 0. The molecule has 0 aliphatic rings. The normalized spacial score (nSPS) is 12.5. The largest absolute Gasteiger partial charge is 0.311 e. The van der Waals surface area contributed by atoms with E-state index < -0.39 is 0 Å². The van der Waals surface area contributed by atoms with Crippen molar-refractivity contribution in [2.75, 3.05) is 4.90 Å². The lowest BCUT2D eigenvalue weighted by molar-refractivity contribution is 1.28. The van der Waals surface area contributed by atoms with Crippen molar-refractivity contribution in [3.63, 3.8) is 0 Å². The Bertz CT molecular complexity index is 1130. The van der Waals surface area contributed by atoms with E-state index in [0.29, 0.717) is 0 Å². The third kappa shape index (κ3) is 5.44. The van der Waals surface area contributed by atoms with Gasteiger partial charge in [0.2, 0.25) is 0 Å². The summed E-state index contributed by atoms with van der Waals surface area (Å²) in [6, 6.07) is 27.9. The van der Waals surface area contributed by atoms with E-state index in [2.05, 4.69) is 116 Å². The number of para-hydroxylation sites is 1. The molecule has 160 valence electrons. The first-order valence-corrected chi connectivity index (χ1v) is 11.0. The second-order valence-electron chi connectivity index (χ2n) is 7.37. The number of allylic oxidation sites excluding steroid dienone is 9. The van der Waals surface area contributed by atoms with E-state index in [1.54, 1.807) is 0 Å². The minimum atomic E-state index is 1.12. The summed E-state index contributed by atoms with van der Waals surface area (Å²) in [5.74, 6) is 0. The van der Waals surface area contributed by atoms with Crippen LogP contribution in [0, 0.1) is 0 Å². The van der Waals surface area contributed by atoms with Crippen molar-refractivity contribution in [3.05, 3.63) is 139 Å². The number of nitrogens with zero attached hydrogens (tertiary/aromatic N) is 1. The summed E-state index contributed by atoms with van der Waals surface area (Å²) >= 11 is 0. The minimum absolute atomic E-state index is 1.12. The summed E-state index contributed by atoms with van der Waals surface area (Å²) < 4.78 is 0. The molecule has 0 radical (unpaired) electrons. The monoisotopic (exact) mass is 417 g/mol. The molecule has 0 amide bonds. The van der Waals surface area contributed by atoms with Crippen LogP contribution in [0.4, 0.5) is 17.1 Å². The van der Waals surface area contributed by atoms with Gasteiger partial charge < -0.3 is 4.90 Å². The maximum atomic E-state index is 3.84. The third-order valence-corrected chi connectivity index (χ3v) is 5.23. The number of rotatable bonds is 8. The third-order valence-electron chi connectivity index (χ3n) is 5.23. The van der Waals surface area contributed by atoms with Crippen LogP contribution >= 0.6 is 0 Å². The molecular weight excluding hydrogens is 386 g/mol. The zero-order valence-corrected chi connectivity index (χ0v) is 19.2. The highest BCUT2D eigenvalue weighted by molar-refractivity contribution is 5.81. The van der Waals surface area contributed by atoms with Crippen LogP contribution < -0.4 is 4.90 Å². The molecule has 0 bridgehead atoms. The number of hydrogen-bond donors (Lipinski definition) is 0. The Hall–Kier alpha value is -3.84. The van der Waals surface area contributed by atoms with Gasteiger partial charge in [0.15, 0.2) is 0 Å². The Morgan fingerprint density at radius 1 is 0.625 bits per heavy atom. The number of hydrogen-bond acceptors (Lipinski definition) is 1. The summed E-state index contributed by atoms with van der Waals surface area (Å²) in [6.07, 6.45) is 14.4. The van der Waals surface area contributed by atoms with Gasteiger partial charge in [-0.2, -0.15) is 0 Å². The average molecular weight is 418 g/mol. The van der Waals surface area contributed by atoms with Crippen LogP contribution in [0.3, 0.4) is 0 Å². The predicted octanol–water partition coefficient (Wildman–Crippen LogP) is 9.28. The van der Waals surface area contributed by atoms with Gasteiger partial charge >= 0.3 is 0 Å². The van der Waals surface area contributed by atoms with E-state index in [1.807, 2.05) is 38.1 Å². The molecule has 0 aliphatic heterocycles. The van der Waals surface area contributed by atoms with E-state index in [9.17, 15) is 0 Å². The topological polar surface area (TPSA) is 3.24 Å². The van der Waals surface area contributed by atoms with Gasteiger partial charge in [-0.15, -0.1) is 0 Å². The number of benzene rings is 3. The molecular formula is C31H31N. The van der Waals surface area contributed by atoms with Crippen molar-refractivity contribution in [1.82, 2.24) is 0 Å². The average Bonchev–Trinajstić information content (AvgIpc) is 2.84. The SMILES string of the molecule is C=C/C=C(\C=C/C)c1ccc(N(c2ccccc2)c2ccc(C(/C=C\C)=C/C)cc2)cc1. The molecule has 0 spiro atoms. The fourth-order valence-corrected chi connectivity index (χ4v) is 3.72. The molecule has 1 nitrogen and oxygen atoms in total. The van der Waals surface area contributed by atoms with E-state index in [4.69, 9.17) is 0 Å². The highest BCUT2D eigenvalue weighted by Crippen LogP contribution is 2.35. The second-order valence-corrected chi connectivity index (χ2v) is 7.37. The molecule has 0 aliphatic carbocycles. The van der Waals surface area contributed by atoms with Crippen LogP contribution in [0.1, 0.15) is 31.9 Å². The van der Waals surface area contributed by atoms with Crippen molar-refractivity contribution in [2.24, 2.45) is 0 Å². The van der Waals surface area contributed by atoms with E-state index in [0.717, 1.165) is 22.6 Å². The van der Waals surface area contributed by atoms with Crippen LogP contribution in [-0.4, -0.2) is 0 Å². The van der Waals surface area contributed by atoms with Crippen LogP contribution in [0.15, 0.2) is 128 Å². The molecule has 0 fully saturated rings. The van der Waals surface area contributed by atoms with Crippen LogP contribution in [0.2, 0.25) is 0 Å². The summed E-state index contributed by atoms with van der Waals surface area (Å²) in [5.41, 5.74) is 8.11. The van der Waals surface area contributed by atoms with Gasteiger partial charge in [0.05, 0.1) is 0 Å². The van der Waals surface area contributed by atoms with Gasteiger partial charge in [0, 0.05) is 17.1 Å². The first-order valence-electron chi connectivity index (χ1n) is 11.0. The Balaban J connectivity index is 2.03. The van der Waals surface area contributed by atoms with Crippen LogP contribution in [0.5, 0.6) is 0 Å². The Labute approximate surface area is 193 Å². The van der Waals surface area contributed by atoms with E-state index in [1.165, 1.54) is 16.7 Å². The Kier molecular flexibility index (Phi) is 8.22. The van der Waals surface area contributed by atoms with Gasteiger partial charge in [0.1, 0.15) is 0 Å². The van der Waals surface area contributed by atoms with Crippen LogP contribution in [0.25, 0.3) is 11.1 Å². The van der Waals surface area contributed by atoms with E-state index >= 15 is 0 Å². The lowest BCUT2D eigenvalue weighted by atomic mass is 10.0. The standard InChI is InChI=1S/C31H31N/c1-5-12-25(8-4)27-17-21-30(22-18-27)32(29-15-10-9-11-16-29)31-23-19-28(20-24-31)26(13-6-2)14-7-3/h5-24H,2H2,1,3-4H3/b12-5-,14-7-,25-8+,26-13+. The summed E-state index contributed by atoms with van der Waals surface area (Å²) in [6.45, 7) is 9.99. The maximum absolute atomic E-state index is 3.84. The molecule has 0 N–H and O–H groups in total. The fourth-order valence-electron chi connectivity index (χ4n) is 3.72. The van der Waals surface area contributed by atoms with Gasteiger partial charge in [-0.3, -0.25) is 0 Å². The molecule has 0 saturated heterocycles. The van der Waals surface area contributed by atoms with Crippen molar-refractivity contribution in [1.29, 1.82) is 0 Å². The maximum Gasteiger partial charge on any atom is 0.0462 e. The molecule has 3 aromatic carbocycles. The molecule has 1 heteroatoms. The van der Waals surface area contributed by atoms with Crippen molar-refractivity contribution in [3.8, 4) is 0 Å². The van der Waals surface area contributed by atoms with Crippen LogP contribution in [-0.2, 0) is 0 Å². The lowest BCUT2D eigenvalue weighted by Gasteiger charge is -2.26. The van der Waals surface area contributed by atoms with Gasteiger partial charge in [-0.25, -0.2) is 0 Å². The molecule has 3 rings (SSSR count). The first-order chi connectivity index (χ1) is 15.7. The molecule has 0 saturated carbocycles. The summed E-state index contributed by atoms with van der Waals surface area (Å²) in [4.78, 5) is 2.28. The van der Waals surface area contributed by atoms with Crippen molar-refractivity contribution < 1.29 is 0 Å². The molecule has 0 unspecified atom stereocenters. The van der Waals surface area contributed by atoms with Gasteiger partial charge in [-0.05, 0) is 79.4 Å². The zero-order chi connectivity index (χ0) is 22.8. The highest BCUT2D eigenvalue weighted by Gasteiger charge is 2.12. The quantitative estimate of drug-likeness (QED) is 0.330. The van der Waals surface area contributed by atoms with E-state index in [-0.39, 0.29) is 0 Å². The highest BCUT2D eigenvalue weighted by atomic mass is 15.1. The second kappa shape index (κ2) is 11.5. The fraction of sp³-hybridized carbons (Fsp3) is 0.0968.